The smallest absolute Gasteiger partial charge is 0.183 e. The molecular weight excluding hydrogens is 240 g/mol. The molecule has 0 aliphatic heterocycles. The molecule has 90 valence electrons. The summed E-state index contributed by atoms with van der Waals surface area (Å²) in [6.07, 6.45) is 0. The van der Waals surface area contributed by atoms with E-state index in [4.69, 9.17) is 0 Å². The molecule has 1 heterocycles. The molecule has 0 radical (unpaired) electrons. The molecule has 0 saturated carbocycles. The minimum atomic E-state index is 0.908. The Balaban J connectivity index is 2.05. The summed E-state index contributed by atoms with van der Waals surface area (Å²) < 4.78 is 1.23. The van der Waals surface area contributed by atoms with Crippen molar-refractivity contribution in [3.63, 3.8) is 0 Å². The average molecular weight is 254 g/mol. The predicted molar refractivity (Wildman–Crippen MR) is 79.2 cm³/mol. The van der Waals surface area contributed by atoms with Gasteiger partial charge in [-0.3, -0.25) is 0 Å². The maximum absolute atomic E-state index is 4.54. The number of nitrogens with one attached hydrogen (secondary N) is 1. The molecule has 0 aliphatic carbocycles. The number of benzene rings is 2. The van der Waals surface area contributed by atoms with Gasteiger partial charge < -0.3 is 5.32 Å². The van der Waals surface area contributed by atoms with E-state index in [0.29, 0.717) is 0 Å². The lowest BCUT2D eigenvalue weighted by Gasteiger charge is -2.00. The quantitative estimate of drug-likeness (QED) is 0.749. The summed E-state index contributed by atoms with van der Waals surface area (Å²) in [6.45, 7) is 2.99. The number of hydrogen-bond acceptors (Lipinski definition) is 3. The standard InChI is InChI=1S/C15H14N2S/c1-2-16-15-17-13-9-8-12(10-14(13)18-15)11-6-4-3-5-7-11/h3-10H,2H2,1H3,(H,16,17). The van der Waals surface area contributed by atoms with E-state index in [0.717, 1.165) is 17.2 Å². The van der Waals surface area contributed by atoms with E-state index in [9.17, 15) is 0 Å². The highest BCUT2D eigenvalue weighted by molar-refractivity contribution is 7.22. The van der Waals surface area contributed by atoms with E-state index in [1.54, 1.807) is 11.3 Å². The Labute approximate surface area is 110 Å². The first-order chi connectivity index (χ1) is 8.86. The van der Waals surface area contributed by atoms with Crippen molar-refractivity contribution in [2.75, 3.05) is 11.9 Å². The zero-order chi connectivity index (χ0) is 12.4. The monoisotopic (exact) mass is 254 g/mol. The van der Waals surface area contributed by atoms with E-state index in [-0.39, 0.29) is 0 Å². The van der Waals surface area contributed by atoms with Crippen molar-refractivity contribution in [3.05, 3.63) is 48.5 Å². The Bertz CT molecular complexity index is 659. The summed E-state index contributed by atoms with van der Waals surface area (Å²) >= 11 is 1.71. The molecule has 3 rings (SSSR count). The highest BCUT2D eigenvalue weighted by atomic mass is 32.1. The lowest BCUT2D eigenvalue weighted by Crippen LogP contribution is -1.94. The molecule has 0 unspecified atom stereocenters. The third kappa shape index (κ3) is 2.09. The van der Waals surface area contributed by atoms with Crippen molar-refractivity contribution in [1.82, 2.24) is 4.98 Å². The number of rotatable bonds is 3. The third-order valence-electron chi connectivity index (χ3n) is 2.82. The van der Waals surface area contributed by atoms with Crippen LogP contribution in [0.2, 0.25) is 0 Å². The van der Waals surface area contributed by atoms with Crippen molar-refractivity contribution in [2.45, 2.75) is 6.92 Å². The average Bonchev–Trinajstić information content (AvgIpc) is 2.81. The molecule has 2 nitrogen and oxygen atoms in total. The minimum Gasteiger partial charge on any atom is -0.362 e. The summed E-state index contributed by atoms with van der Waals surface area (Å²) in [5.41, 5.74) is 3.56. The molecule has 0 fully saturated rings. The molecule has 0 amide bonds. The number of aromatic nitrogens is 1. The maximum Gasteiger partial charge on any atom is 0.183 e. The van der Waals surface area contributed by atoms with E-state index >= 15 is 0 Å². The second-order valence-electron chi connectivity index (χ2n) is 4.10. The Kier molecular flexibility index (Phi) is 2.99. The number of nitrogens with zero attached hydrogens (tertiary/aromatic N) is 1. The molecule has 3 heteroatoms. The summed E-state index contributed by atoms with van der Waals surface area (Å²) in [5, 5.41) is 4.26. The van der Waals surface area contributed by atoms with E-state index < -0.39 is 0 Å². The van der Waals surface area contributed by atoms with Crippen LogP contribution in [0.4, 0.5) is 5.13 Å². The van der Waals surface area contributed by atoms with Crippen LogP contribution in [0.3, 0.4) is 0 Å². The van der Waals surface area contributed by atoms with Gasteiger partial charge >= 0.3 is 0 Å². The van der Waals surface area contributed by atoms with Crippen LogP contribution >= 0.6 is 11.3 Å². The Hall–Kier alpha value is -1.87. The van der Waals surface area contributed by atoms with Crippen LogP contribution in [-0.4, -0.2) is 11.5 Å². The fraction of sp³-hybridized carbons (Fsp3) is 0.133. The second-order valence-corrected chi connectivity index (χ2v) is 5.13. The summed E-state index contributed by atoms with van der Waals surface area (Å²) in [4.78, 5) is 4.54. The fourth-order valence-electron chi connectivity index (χ4n) is 1.96. The largest absolute Gasteiger partial charge is 0.362 e. The molecule has 0 saturated heterocycles. The van der Waals surface area contributed by atoms with Crippen LogP contribution in [0.25, 0.3) is 21.3 Å². The second kappa shape index (κ2) is 4.78. The highest BCUT2D eigenvalue weighted by Gasteiger charge is 2.04. The Morgan fingerprint density at radius 3 is 2.67 bits per heavy atom. The minimum absolute atomic E-state index is 0.908. The van der Waals surface area contributed by atoms with Gasteiger partial charge in [0.05, 0.1) is 10.2 Å². The van der Waals surface area contributed by atoms with Gasteiger partial charge in [0, 0.05) is 6.54 Å². The molecule has 0 spiro atoms. The molecular formula is C15H14N2S. The normalized spacial score (nSPS) is 10.7. The summed E-state index contributed by atoms with van der Waals surface area (Å²) in [6, 6.07) is 16.9. The van der Waals surface area contributed by atoms with Gasteiger partial charge in [0.25, 0.3) is 0 Å². The van der Waals surface area contributed by atoms with Crippen molar-refractivity contribution in [2.24, 2.45) is 0 Å². The first-order valence-electron chi connectivity index (χ1n) is 6.06. The van der Waals surface area contributed by atoms with E-state index in [1.807, 2.05) is 6.07 Å². The van der Waals surface area contributed by atoms with Crippen LogP contribution in [0.15, 0.2) is 48.5 Å². The molecule has 18 heavy (non-hydrogen) atoms. The van der Waals surface area contributed by atoms with Gasteiger partial charge in [0.15, 0.2) is 5.13 Å². The van der Waals surface area contributed by atoms with Crippen LogP contribution in [-0.2, 0) is 0 Å². The van der Waals surface area contributed by atoms with Gasteiger partial charge in [0.2, 0.25) is 0 Å². The topological polar surface area (TPSA) is 24.9 Å². The zero-order valence-electron chi connectivity index (χ0n) is 10.2. The number of thiazole rings is 1. The number of hydrogen-bond donors (Lipinski definition) is 1. The Morgan fingerprint density at radius 1 is 1.06 bits per heavy atom. The fourth-order valence-corrected chi connectivity index (χ4v) is 2.93. The van der Waals surface area contributed by atoms with Crippen LogP contribution in [0, 0.1) is 0 Å². The van der Waals surface area contributed by atoms with Gasteiger partial charge in [-0.15, -0.1) is 0 Å². The molecule has 0 aliphatic rings. The van der Waals surface area contributed by atoms with Crippen molar-refractivity contribution in [1.29, 1.82) is 0 Å². The molecule has 3 aromatic rings. The Morgan fingerprint density at radius 2 is 1.89 bits per heavy atom. The van der Waals surface area contributed by atoms with Gasteiger partial charge in [-0.25, -0.2) is 4.98 Å². The number of anilines is 1. The van der Waals surface area contributed by atoms with Crippen LogP contribution in [0.1, 0.15) is 6.92 Å². The van der Waals surface area contributed by atoms with E-state index in [1.165, 1.54) is 15.8 Å². The van der Waals surface area contributed by atoms with E-state index in [2.05, 4.69) is 59.7 Å². The highest BCUT2D eigenvalue weighted by Crippen LogP contribution is 2.30. The maximum atomic E-state index is 4.54. The zero-order valence-corrected chi connectivity index (χ0v) is 11.0. The van der Waals surface area contributed by atoms with Crippen LogP contribution < -0.4 is 5.32 Å². The van der Waals surface area contributed by atoms with Crippen molar-refractivity contribution < 1.29 is 0 Å². The molecule has 0 bridgehead atoms. The van der Waals surface area contributed by atoms with Crippen molar-refractivity contribution >= 4 is 26.7 Å². The lowest BCUT2D eigenvalue weighted by atomic mass is 10.1. The summed E-state index contributed by atoms with van der Waals surface area (Å²) in [7, 11) is 0. The van der Waals surface area contributed by atoms with Gasteiger partial charge in [-0.2, -0.15) is 0 Å². The first-order valence-corrected chi connectivity index (χ1v) is 6.88. The number of fused-ring (bicyclic) bond motifs is 1. The molecule has 0 atom stereocenters. The molecule has 1 aromatic heterocycles. The van der Waals surface area contributed by atoms with Gasteiger partial charge in [-0.05, 0) is 30.2 Å². The van der Waals surface area contributed by atoms with Crippen molar-refractivity contribution in [3.8, 4) is 11.1 Å². The molecule has 1 N–H and O–H groups in total. The third-order valence-corrected chi connectivity index (χ3v) is 3.80. The predicted octanol–water partition coefficient (Wildman–Crippen LogP) is 4.40. The van der Waals surface area contributed by atoms with Gasteiger partial charge in [-0.1, -0.05) is 47.7 Å². The first kappa shape index (κ1) is 11.2. The van der Waals surface area contributed by atoms with Gasteiger partial charge in [0.1, 0.15) is 0 Å². The molecule has 2 aromatic carbocycles. The summed E-state index contributed by atoms with van der Waals surface area (Å²) in [5.74, 6) is 0. The SMILES string of the molecule is CCNc1nc2ccc(-c3ccccc3)cc2s1. The van der Waals surface area contributed by atoms with Crippen LogP contribution in [0.5, 0.6) is 0 Å². The lowest BCUT2D eigenvalue weighted by molar-refractivity contribution is 1.20.